The zero-order valence-electron chi connectivity index (χ0n) is 9.73. The normalized spacial score (nSPS) is 10.2. The predicted molar refractivity (Wildman–Crippen MR) is 66.3 cm³/mol. The third kappa shape index (κ3) is 2.53. The lowest BCUT2D eigenvalue weighted by atomic mass is 10.2. The summed E-state index contributed by atoms with van der Waals surface area (Å²) in [6.07, 6.45) is 0.742. The van der Waals surface area contributed by atoms with Gasteiger partial charge in [-0.3, -0.25) is 4.79 Å². The molecule has 4 heteroatoms. The summed E-state index contributed by atoms with van der Waals surface area (Å²) >= 11 is 0. The van der Waals surface area contributed by atoms with Gasteiger partial charge < -0.3 is 4.90 Å². The van der Waals surface area contributed by atoms with E-state index in [1.165, 1.54) is 12.1 Å². The number of carbonyl (C=O) groups excluding carboxylic acids is 1. The fourth-order valence-corrected chi connectivity index (χ4v) is 1.66. The van der Waals surface area contributed by atoms with Crippen LogP contribution in [0.1, 0.15) is 10.4 Å². The van der Waals surface area contributed by atoms with Crippen molar-refractivity contribution >= 4 is 17.7 Å². The summed E-state index contributed by atoms with van der Waals surface area (Å²) in [5.41, 5.74) is 1.70. The van der Waals surface area contributed by atoms with Crippen LogP contribution >= 0.6 is 0 Å². The van der Waals surface area contributed by atoms with Crippen molar-refractivity contribution in [1.82, 2.24) is 0 Å². The second kappa shape index (κ2) is 4.96. The summed E-state index contributed by atoms with van der Waals surface area (Å²) < 4.78 is 26.2. The van der Waals surface area contributed by atoms with E-state index in [0.29, 0.717) is 11.3 Å². The first-order valence-corrected chi connectivity index (χ1v) is 5.35. The monoisotopic (exact) mass is 247 g/mol. The van der Waals surface area contributed by atoms with Gasteiger partial charge in [0.2, 0.25) is 0 Å². The summed E-state index contributed by atoms with van der Waals surface area (Å²) in [6, 6.07) is 10.0. The van der Waals surface area contributed by atoms with Gasteiger partial charge in [-0.1, -0.05) is 0 Å². The maximum Gasteiger partial charge on any atom is 0.150 e. The molecule has 0 saturated carbocycles. The van der Waals surface area contributed by atoms with Crippen LogP contribution in [0, 0.1) is 11.6 Å². The molecular formula is C14H11F2NO. The number of hydrogen-bond acceptors (Lipinski definition) is 2. The second-order valence-corrected chi connectivity index (χ2v) is 3.90. The second-order valence-electron chi connectivity index (χ2n) is 3.90. The lowest BCUT2D eigenvalue weighted by Gasteiger charge is -2.19. The van der Waals surface area contributed by atoms with E-state index in [-0.39, 0.29) is 0 Å². The fraction of sp³-hybridized carbons (Fsp3) is 0.0714. The molecule has 0 atom stereocenters. The number of nitrogens with zero attached hydrogens (tertiary/aromatic N) is 1. The molecule has 0 aromatic heterocycles. The van der Waals surface area contributed by atoms with Gasteiger partial charge >= 0.3 is 0 Å². The molecule has 0 fully saturated rings. The predicted octanol–water partition coefficient (Wildman–Crippen LogP) is 3.55. The highest BCUT2D eigenvalue weighted by Crippen LogP contribution is 2.25. The first-order chi connectivity index (χ1) is 8.60. The zero-order chi connectivity index (χ0) is 13.1. The number of rotatable bonds is 3. The Morgan fingerprint density at radius 2 is 1.50 bits per heavy atom. The molecule has 0 heterocycles. The van der Waals surface area contributed by atoms with Gasteiger partial charge in [0.25, 0.3) is 0 Å². The largest absolute Gasteiger partial charge is 0.344 e. The summed E-state index contributed by atoms with van der Waals surface area (Å²) in [4.78, 5) is 12.2. The van der Waals surface area contributed by atoms with E-state index in [1.54, 1.807) is 36.2 Å². The smallest absolute Gasteiger partial charge is 0.150 e. The van der Waals surface area contributed by atoms with Crippen LogP contribution in [0.15, 0.2) is 42.5 Å². The van der Waals surface area contributed by atoms with Gasteiger partial charge in [0.1, 0.15) is 17.9 Å². The van der Waals surface area contributed by atoms with Gasteiger partial charge in [-0.05, 0) is 36.4 Å². The highest BCUT2D eigenvalue weighted by molar-refractivity contribution is 5.76. The third-order valence-corrected chi connectivity index (χ3v) is 2.65. The standard InChI is InChI=1S/C14H11F2NO/c1-17(13-4-2-10(9-18)3-5-13)14-7-11(15)6-12(16)8-14/h2-9H,1H3. The Morgan fingerprint density at radius 3 is 2.00 bits per heavy atom. The molecule has 18 heavy (non-hydrogen) atoms. The molecule has 0 bridgehead atoms. The number of anilines is 2. The van der Waals surface area contributed by atoms with Crippen LogP contribution in [0.4, 0.5) is 20.2 Å². The van der Waals surface area contributed by atoms with Crippen molar-refractivity contribution < 1.29 is 13.6 Å². The van der Waals surface area contributed by atoms with Crippen molar-refractivity contribution in [3.05, 3.63) is 59.7 Å². The van der Waals surface area contributed by atoms with Gasteiger partial charge in [0, 0.05) is 30.1 Å². The maximum absolute atomic E-state index is 13.1. The molecular weight excluding hydrogens is 236 g/mol. The molecule has 0 spiro atoms. The van der Waals surface area contributed by atoms with E-state index < -0.39 is 11.6 Å². The van der Waals surface area contributed by atoms with Crippen molar-refractivity contribution in [2.45, 2.75) is 0 Å². The van der Waals surface area contributed by atoms with Crippen LogP contribution in [0.3, 0.4) is 0 Å². The minimum absolute atomic E-state index is 0.409. The lowest BCUT2D eigenvalue weighted by Crippen LogP contribution is -2.10. The molecule has 2 aromatic carbocycles. The number of hydrogen-bond donors (Lipinski definition) is 0. The average Bonchev–Trinajstić information content (AvgIpc) is 2.37. The van der Waals surface area contributed by atoms with Crippen molar-refractivity contribution in [2.24, 2.45) is 0 Å². The topological polar surface area (TPSA) is 20.3 Å². The molecule has 0 aliphatic rings. The van der Waals surface area contributed by atoms with Crippen LogP contribution in [0.25, 0.3) is 0 Å². The van der Waals surface area contributed by atoms with Gasteiger partial charge in [0.05, 0.1) is 0 Å². The van der Waals surface area contributed by atoms with Crippen LogP contribution in [0.2, 0.25) is 0 Å². The molecule has 0 aliphatic carbocycles. The Balaban J connectivity index is 2.34. The molecule has 0 saturated heterocycles. The Bertz CT molecular complexity index is 546. The Kier molecular flexibility index (Phi) is 3.37. The minimum Gasteiger partial charge on any atom is -0.344 e. The van der Waals surface area contributed by atoms with Crippen molar-refractivity contribution in [2.75, 3.05) is 11.9 Å². The van der Waals surface area contributed by atoms with Crippen molar-refractivity contribution in [3.8, 4) is 0 Å². The Morgan fingerprint density at radius 1 is 0.944 bits per heavy atom. The number of benzene rings is 2. The van der Waals surface area contributed by atoms with E-state index in [1.807, 2.05) is 0 Å². The molecule has 2 nitrogen and oxygen atoms in total. The van der Waals surface area contributed by atoms with E-state index in [2.05, 4.69) is 0 Å². The highest BCUT2D eigenvalue weighted by Gasteiger charge is 2.07. The van der Waals surface area contributed by atoms with Gasteiger partial charge in [-0.25, -0.2) is 8.78 Å². The van der Waals surface area contributed by atoms with Crippen LogP contribution < -0.4 is 4.90 Å². The molecule has 0 N–H and O–H groups in total. The molecule has 92 valence electrons. The first kappa shape index (κ1) is 12.2. The average molecular weight is 247 g/mol. The summed E-state index contributed by atoms with van der Waals surface area (Å²) in [6.45, 7) is 0. The van der Waals surface area contributed by atoms with Crippen molar-refractivity contribution in [3.63, 3.8) is 0 Å². The van der Waals surface area contributed by atoms with Crippen LogP contribution in [0.5, 0.6) is 0 Å². The molecule has 0 amide bonds. The number of carbonyl (C=O) groups is 1. The molecule has 2 aromatic rings. The molecule has 2 rings (SSSR count). The van der Waals surface area contributed by atoms with Gasteiger partial charge in [-0.15, -0.1) is 0 Å². The summed E-state index contributed by atoms with van der Waals surface area (Å²) in [5, 5.41) is 0. The van der Waals surface area contributed by atoms with E-state index in [9.17, 15) is 13.6 Å². The van der Waals surface area contributed by atoms with E-state index in [0.717, 1.165) is 18.0 Å². The Hall–Kier alpha value is -2.23. The quantitative estimate of drug-likeness (QED) is 0.773. The van der Waals surface area contributed by atoms with E-state index >= 15 is 0 Å². The number of aldehydes is 1. The fourth-order valence-electron chi connectivity index (χ4n) is 1.66. The lowest BCUT2D eigenvalue weighted by molar-refractivity contribution is 0.112. The summed E-state index contributed by atoms with van der Waals surface area (Å²) in [7, 11) is 1.70. The zero-order valence-corrected chi connectivity index (χ0v) is 9.73. The van der Waals surface area contributed by atoms with Gasteiger partial charge in [-0.2, -0.15) is 0 Å². The van der Waals surface area contributed by atoms with Crippen molar-refractivity contribution in [1.29, 1.82) is 0 Å². The first-order valence-electron chi connectivity index (χ1n) is 5.35. The SMILES string of the molecule is CN(c1ccc(C=O)cc1)c1cc(F)cc(F)c1. The van der Waals surface area contributed by atoms with Gasteiger partial charge in [0.15, 0.2) is 0 Å². The number of halogens is 2. The van der Waals surface area contributed by atoms with E-state index in [4.69, 9.17) is 0 Å². The molecule has 0 radical (unpaired) electrons. The summed E-state index contributed by atoms with van der Waals surface area (Å²) in [5.74, 6) is -1.25. The molecule has 0 unspecified atom stereocenters. The minimum atomic E-state index is -0.624. The Labute approximate surface area is 103 Å². The van der Waals surface area contributed by atoms with Crippen LogP contribution in [-0.2, 0) is 0 Å². The maximum atomic E-state index is 13.1. The highest BCUT2D eigenvalue weighted by atomic mass is 19.1. The molecule has 0 aliphatic heterocycles. The van der Waals surface area contributed by atoms with Crippen LogP contribution in [-0.4, -0.2) is 13.3 Å². The third-order valence-electron chi connectivity index (χ3n) is 2.65.